The molecule has 8 nitrogen and oxygen atoms in total. The number of carbonyl (C=O) groups excluding carboxylic acids is 2. The van der Waals surface area contributed by atoms with Crippen molar-refractivity contribution in [2.45, 2.75) is 0 Å². The van der Waals surface area contributed by atoms with Crippen LogP contribution >= 0.6 is 0 Å². The van der Waals surface area contributed by atoms with E-state index in [2.05, 4.69) is 5.10 Å². The number of piperazine rings is 1. The van der Waals surface area contributed by atoms with Gasteiger partial charge in [-0.15, -0.1) is 0 Å². The molecule has 0 bridgehead atoms. The summed E-state index contributed by atoms with van der Waals surface area (Å²) in [5, 5.41) is 4.30. The molecular formula is C18H23N5O3. The van der Waals surface area contributed by atoms with Crippen LogP contribution in [0.2, 0.25) is 0 Å². The summed E-state index contributed by atoms with van der Waals surface area (Å²) in [5.74, 6) is 0.605. The van der Waals surface area contributed by atoms with Crippen molar-refractivity contribution in [3.8, 4) is 11.4 Å². The van der Waals surface area contributed by atoms with Crippen molar-refractivity contribution < 1.29 is 14.3 Å². The molecule has 26 heavy (non-hydrogen) atoms. The SMILES string of the molecule is COc1ccccc1-n1cc(C(=O)N2CCN(C(=O)N(C)C)CC2)cn1. The second kappa shape index (κ2) is 7.47. The first-order chi connectivity index (χ1) is 12.5. The van der Waals surface area contributed by atoms with Crippen molar-refractivity contribution in [1.29, 1.82) is 0 Å². The van der Waals surface area contributed by atoms with Gasteiger partial charge < -0.3 is 19.4 Å². The molecule has 1 aliphatic heterocycles. The molecule has 0 radical (unpaired) electrons. The quantitative estimate of drug-likeness (QED) is 0.831. The number of rotatable bonds is 3. The normalized spacial score (nSPS) is 14.3. The molecule has 0 atom stereocenters. The van der Waals surface area contributed by atoms with Gasteiger partial charge in [0.25, 0.3) is 5.91 Å². The summed E-state index contributed by atoms with van der Waals surface area (Å²) >= 11 is 0. The van der Waals surface area contributed by atoms with E-state index in [1.54, 1.807) is 53.0 Å². The maximum absolute atomic E-state index is 12.7. The van der Waals surface area contributed by atoms with Gasteiger partial charge in [-0.25, -0.2) is 9.48 Å². The second-order valence-electron chi connectivity index (χ2n) is 6.30. The molecule has 0 unspecified atom stereocenters. The molecule has 0 spiro atoms. The van der Waals surface area contributed by atoms with E-state index in [4.69, 9.17) is 4.74 Å². The van der Waals surface area contributed by atoms with Crippen LogP contribution in [0.25, 0.3) is 5.69 Å². The minimum atomic E-state index is -0.0805. The highest BCUT2D eigenvalue weighted by atomic mass is 16.5. The third-order valence-electron chi connectivity index (χ3n) is 4.38. The first-order valence-corrected chi connectivity index (χ1v) is 8.45. The fraction of sp³-hybridized carbons (Fsp3) is 0.389. The van der Waals surface area contributed by atoms with Gasteiger partial charge in [-0.3, -0.25) is 4.79 Å². The number of para-hydroxylation sites is 2. The van der Waals surface area contributed by atoms with Gasteiger partial charge in [-0.1, -0.05) is 12.1 Å². The second-order valence-corrected chi connectivity index (χ2v) is 6.30. The van der Waals surface area contributed by atoms with E-state index in [0.29, 0.717) is 37.5 Å². The Kier molecular flexibility index (Phi) is 5.11. The Morgan fingerprint density at radius 1 is 1.08 bits per heavy atom. The number of carbonyl (C=O) groups is 2. The Labute approximate surface area is 152 Å². The number of benzene rings is 1. The lowest BCUT2D eigenvalue weighted by atomic mass is 10.2. The lowest BCUT2D eigenvalue weighted by Crippen LogP contribution is -2.52. The minimum absolute atomic E-state index is 0.0268. The Balaban J connectivity index is 1.69. The van der Waals surface area contributed by atoms with Crippen molar-refractivity contribution in [2.75, 3.05) is 47.4 Å². The first-order valence-electron chi connectivity index (χ1n) is 8.45. The summed E-state index contributed by atoms with van der Waals surface area (Å²) in [6, 6.07) is 7.47. The smallest absolute Gasteiger partial charge is 0.319 e. The Morgan fingerprint density at radius 2 is 1.73 bits per heavy atom. The molecule has 1 aromatic heterocycles. The summed E-state index contributed by atoms with van der Waals surface area (Å²) in [5.41, 5.74) is 1.29. The lowest BCUT2D eigenvalue weighted by Gasteiger charge is -2.35. The lowest BCUT2D eigenvalue weighted by molar-refractivity contribution is 0.0650. The van der Waals surface area contributed by atoms with Gasteiger partial charge in [0.1, 0.15) is 11.4 Å². The number of methoxy groups -OCH3 is 1. The van der Waals surface area contributed by atoms with Crippen LogP contribution in [0.5, 0.6) is 5.75 Å². The molecule has 1 fully saturated rings. The standard InChI is InChI=1S/C18H23N5O3/c1-20(2)18(25)22-10-8-21(9-11-22)17(24)14-12-19-23(13-14)15-6-4-5-7-16(15)26-3/h4-7,12-13H,8-11H2,1-3H3. The number of nitrogens with zero attached hydrogens (tertiary/aromatic N) is 5. The molecule has 0 saturated carbocycles. The highest BCUT2D eigenvalue weighted by molar-refractivity contribution is 5.94. The number of aromatic nitrogens is 2. The van der Waals surface area contributed by atoms with Crippen molar-refractivity contribution in [2.24, 2.45) is 0 Å². The van der Waals surface area contributed by atoms with E-state index in [1.165, 1.54) is 0 Å². The molecule has 8 heteroatoms. The van der Waals surface area contributed by atoms with Gasteiger partial charge in [0, 0.05) is 46.5 Å². The average molecular weight is 357 g/mol. The molecular weight excluding hydrogens is 334 g/mol. The maximum atomic E-state index is 12.7. The zero-order valence-electron chi connectivity index (χ0n) is 15.3. The molecule has 3 rings (SSSR count). The van der Waals surface area contributed by atoms with Crippen molar-refractivity contribution in [3.63, 3.8) is 0 Å². The fourth-order valence-electron chi connectivity index (χ4n) is 2.95. The Morgan fingerprint density at radius 3 is 2.38 bits per heavy atom. The number of ether oxygens (including phenoxy) is 1. The molecule has 3 amide bonds. The van der Waals surface area contributed by atoms with Crippen molar-refractivity contribution in [1.82, 2.24) is 24.5 Å². The van der Waals surface area contributed by atoms with Crippen LogP contribution in [0.15, 0.2) is 36.7 Å². The van der Waals surface area contributed by atoms with Crippen molar-refractivity contribution >= 4 is 11.9 Å². The van der Waals surface area contributed by atoms with Crippen LogP contribution in [0.3, 0.4) is 0 Å². The third-order valence-corrected chi connectivity index (χ3v) is 4.38. The molecule has 0 N–H and O–H groups in total. The molecule has 1 aromatic carbocycles. The van der Waals surface area contributed by atoms with E-state index in [1.807, 2.05) is 24.3 Å². The van der Waals surface area contributed by atoms with E-state index >= 15 is 0 Å². The van der Waals surface area contributed by atoms with Crippen LogP contribution in [0, 0.1) is 0 Å². The first kappa shape index (κ1) is 17.8. The highest BCUT2D eigenvalue weighted by Crippen LogP contribution is 2.22. The molecule has 2 heterocycles. The minimum Gasteiger partial charge on any atom is -0.494 e. The number of hydrogen-bond acceptors (Lipinski definition) is 4. The summed E-state index contributed by atoms with van der Waals surface area (Å²) in [6.45, 7) is 2.09. The molecule has 138 valence electrons. The number of urea groups is 1. The van der Waals surface area contributed by atoms with E-state index in [9.17, 15) is 9.59 Å². The molecule has 2 aromatic rings. The van der Waals surface area contributed by atoms with Crippen LogP contribution < -0.4 is 4.74 Å². The van der Waals surface area contributed by atoms with Crippen LogP contribution in [-0.2, 0) is 0 Å². The predicted molar refractivity (Wildman–Crippen MR) is 96.7 cm³/mol. The van der Waals surface area contributed by atoms with Crippen LogP contribution in [-0.4, -0.2) is 83.8 Å². The Bertz CT molecular complexity index is 794. The monoisotopic (exact) mass is 357 g/mol. The molecule has 0 aliphatic carbocycles. The number of amides is 3. The number of hydrogen-bond donors (Lipinski definition) is 0. The zero-order chi connectivity index (χ0) is 18.7. The highest BCUT2D eigenvalue weighted by Gasteiger charge is 2.26. The predicted octanol–water partition coefficient (Wildman–Crippen LogP) is 1.32. The third kappa shape index (κ3) is 3.49. The van der Waals surface area contributed by atoms with Gasteiger partial charge in [0.05, 0.1) is 18.9 Å². The van der Waals surface area contributed by atoms with E-state index in [-0.39, 0.29) is 11.9 Å². The Hall–Kier alpha value is -3.03. The summed E-state index contributed by atoms with van der Waals surface area (Å²) in [7, 11) is 5.06. The molecule has 1 aliphatic rings. The summed E-state index contributed by atoms with van der Waals surface area (Å²) in [4.78, 5) is 29.8. The van der Waals surface area contributed by atoms with Gasteiger partial charge in [-0.2, -0.15) is 5.10 Å². The van der Waals surface area contributed by atoms with E-state index < -0.39 is 0 Å². The van der Waals surface area contributed by atoms with Gasteiger partial charge in [0.15, 0.2) is 0 Å². The fourth-order valence-corrected chi connectivity index (χ4v) is 2.95. The van der Waals surface area contributed by atoms with Gasteiger partial charge in [-0.05, 0) is 12.1 Å². The summed E-state index contributed by atoms with van der Waals surface area (Å²) < 4.78 is 6.98. The van der Waals surface area contributed by atoms with Crippen molar-refractivity contribution in [3.05, 3.63) is 42.2 Å². The summed E-state index contributed by atoms with van der Waals surface area (Å²) in [6.07, 6.45) is 3.27. The average Bonchev–Trinajstić information content (AvgIpc) is 3.16. The van der Waals surface area contributed by atoms with Crippen LogP contribution in [0.1, 0.15) is 10.4 Å². The maximum Gasteiger partial charge on any atom is 0.319 e. The van der Waals surface area contributed by atoms with Gasteiger partial charge in [0.2, 0.25) is 0 Å². The van der Waals surface area contributed by atoms with Crippen LogP contribution in [0.4, 0.5) is 4.79 Å². The van der Waals surface area contributed by atoms with E-state index in [0.717, 1.165) is 5.69 Å². The largest absolute Gasteiger partial charge is 0.494 e. The molecule has 1 saturated heterocycles. The zero-order valence-corrected chi connectivity index (χ0v) is 15.3. The van der Waals surface area contributed by atoms with Gasteiger partial charge >= 0.3 is 6.03 Å². The topological polar surface area (TPSA) is 70.9 Å².